The molecule has 1 saturated carbocycles. The van der Waals surface area contributed by atoms with E-state index in [0.717, 1.165) is 32.3 Å². The highest BCUT2D eigenvalue weighted by atomic mass is 16.5. The van der Waals surface area contributed by atoms with E-state index in [4.69, 9.17) is 4.74 Å². The first-order chi connectivity index (χ1) is 6.99. The van der Waals surface area contributed by atoms with Crippen LogP contribution in [0.5, 0.6) is 0 Å². The molecule has 0 saturated heterocycles. The average molecular weight is 212 g/mol. The third kappa shape index (κ3) is 5.31. The summed E-state index contributed by atoms with van der Waals surface area (Å²) in [6, 6.07) is 0. The highest BCUT2D eigenvalue weighted by molar-refractivity contribution is 5.81. The van der Waals surface area contributed by atoms with Crippen LogP contribution in [0.25, 0.3) is 0 Å². The number of hydrogen-bond donors (Lipinski definition) is 0. The van der Waals surface area contributed by atoms with Gasteiger partial charge in [-0.2, -0.15) is 0 Å². The highest BCUT2D eigenvalue weighted by Gasteiger charge is 2.21. The van der Waals surface area contributed by atoms with Crippen molar-refractivity contribution in [1.82, 2.24) is 0 Å². The van der Waals surface area contributed by atoms with Crippen LogP contribution in [-0.4, -0.2) is 18.0 Å². The monoisotopic (exact) mass is 212 g/mol. The quantitative estimate of drug-likeness (QED) is 0.671. The molecule has 0 heterocycles. The molecular weight excluding hydrogens is 188 g/mol. The summed E-state index contributed by atoms with van der Waals surface area (Å²) in [6.07, 6.45) is 6.31. The van der Waals surface area contributed by atoms with Gasteiger partial charge in [-0.25, -0.2) is 0 Å². The first kappa shape index (κ1) is 12.7. The van der Waals surface area contributed by atoms with Gasteiger partial charge in [0, 0.05) is 18.9 Å². The Bertz CT molecular complexity index is 203. The normalized spacial score (nSPS) is 23.9. The molecule has 0 aromatic heterocycles. The summed E-state index contributed by atoms with van der Waals surface area (Å²) in [4.78, 5) is 11.7. The lowest BCUT2D eigenvalue weighted by molar-refractivity contribution is -0.123. The van der Waals surface area contributed by atoms with Gasteiger partial charge in [0.25, 0.3) is 0 Å². The van der Waals surface area contributed by atoms with Gasteiger partial charge >= 0.3 is 0 Å². The van der Waals surface area contributed by atoms with Crippen LogP contribution in [-0.2, 0) is 9.53 Å². The predicted molar refractivity (Wildman–Crippen MR) is 61.9 cm³/mol. The van der Waals surface area contributed by atoms with Gasteiger partial charge in [0.15, 0.2) is 0 Å². The zero-order valence-electron chi connectivity index (χ0n) is 10.3. The number of rotatable bonds is 3. The summed E-state index contributed by atoms with van der Waals surface area (Å²) in [5, 5.41) is 0. The molecular formula is C13H24O2. The number of ketones is 1. The summed E-state index contributed by atoms with van der Waals surface area (Å²) in [6.45, 7) is 6.89. The zero-order chi connectivity index (χ0) is 11.3. The SMILES string of the molecule is CC(C)(C)OCCC1CCCCCC1=O. The Morgan fingerprint density at radius 2 is 2.00 bits per heavy atom. The summed E-state index contributed by atoms with van der Waals surface area (Å²) >= 11 is 0. The topological polar surface area (TPSA) is 26.3 Å². The fraction of sp³-hybridized carbons (Fsp3) is 0.923. The van der Waals surface area contributed by atoms with Crippen molar-refractivity contribution < 1.29 is 9.53 Å². The number of carbonyl (C=O) groups is 1. The Kier molecular flexibility index (Phi) is 4.78. The molecule has 0 aliphatic heterocycles. The second kappa shape index (κ2) is 5.64. The van der Waals surface area contributed by atoms with Crippen LogP contribution in [0, 0.1) is 5.92 Å². The van der Waals surface area contributed by atoms with E-state index < -0.39 is 0 Å². The maximum absolute atomic E-state index is 11.7. The first-order valence-electron chi connectivity index (χ1n) is 6.16. The van der Waals surface area contributed by atoms with Gasteiger partial charge in [0.05, 0.1) is 5.60 Å². The Balaban J connectivity index is 2.27. The molecule has 0 bridgehead atoms. The van der Waals surface area contributed by atoms with Crippen molar-refractivity contribution in [3.05, 3.63) is 0 Å². The van der Waals surface area contributed by atoms with E-state index in [9.17, 15) is 4.79 Å². The molecule has 0 spiro atoms. The van der Waals surface area contributed by atoms with Crippen molar-refractivity contribution in [3.8, 4) is 0 Å². The van der Waals surface area contributed by atoms with Crippen molar-refractivity contribution in [2.75, 3.05) is 6.61 Å². The second-order valence-corrected chi connectivity index (χ2v) is 5.51. The van der Waals surface area contributed by atoms with E-state index in [2.05, 4.69) is 20.8 Å². The molecule has 0 amide bonds. The van der Waals surface area contributed by atoms with Crippen LogP contribution >= 0.6 is 0 Å². The van der Waals surface area contributed by atoms with Gasteiger partial charge in [-0.05, 0) is 40.0 Å². The average Bonchev–Trinajstić information content (AvgIpc) is 2.30. The molecule has 0 aromatic rings. The van der Waals surface area contributed by atoms with Crippen molar-refractivity contribution in [2.24, 2.45) is 5.92 Å². The van der Waals surface area contributed by atoms with Crippen LogP contribution in [0.3, 0.4) is 0 Å². The van der Waals surface area contributed by atoms with E-state index in [-0.39, 0.29) is 11.5 Å². The minimum Gasteiger partial charge on any atom is -0.376 e. The molecule has 0 radical (unpaired) electrons. The van der Waals surface area contributed by atoms with Crippen molar-refractivity contribution in [1.29, 1.82) is 0 Å². The van der Waals surface area contributed by atoms with E-state index in [1.165, 1.54) is 12.8 Å². The number of hydrogen-bond acceptors (Lipinski definition) is 2. The minimum atomic E-state index is -0.0756. The van der Waals surface area contributed by atoms with Gasteiger partial charge in [-0.15, -0.1) is 0 Å². The molecule has 0 aromatic carbocycles. The summed E-state index contributed by atoms with van der Waals surface area (Å²) in [5.74, 6) is 0.736. The molecule has 1 rings (SSSR count). The number of carbonyl (C=O) groups excluding carboxylic acids is 1. The number of ether oxygens (including phenoxy) is 1. The zero-order valence-corrected chi connectivity index (χ0v) is 10.3. The van der Waals surface area contributed by atoms with Gasteiger partial charge in [-0.1, -0.05) is 12.8 Å². The second-order valence-electron chi connectivity index (χ2n) is 5.51. The molecule has 88 valence electrons. The van der Waals surface area contributed by atoms with Gasteiger partial charge in [-0.3, -0.25) is 4.79 Å². The molecule has 1 aliphatic carbocycles. The van der Waals surface area contributed by atoms with Crippen molar-refractivity contribution in [2.45, 2.75) is 64.9 Å². The molecule has 1 unspecified atom stereocenters. The van der Waals surface area contributed by atoms with Crippen LogP contribution in [0.4, 0.5) is 0 Å². The molecule has 1 aliphatic rings. The molecule has 0 N–H and O–H groups in total. The van der Waals surface area contributed by atoms with Crippen LogP contribution in [0.15, 0.2) is 0 Å². The Morgan fingerprint density at radius 3 is 2.67 bits per heavy atom. The maximum Gasteiger partial charge on any atom is 0.136 e. The molecule has 15 heavy (non-hydrogen) atoms. The Morgan fingerprint density at radius 1 is 1.27 bits per heavy atom. The van der Waals surface area contributed by atoms with E-state index in [0.29, 0.717) is 5.78 Å². The summed E-state index contributed by atoms with van der Waals surface area (Å²) in [7, 11) is 0. The summed E-state index contributed by atoms with van der Waals surface area (Å²) in [5.41, 5.74) is -0.0756. The van der Waals surface area contributed by atoms with Crippen LogP contribution in [0.1, 0.15) is 59.3 Å². The molecule has 2 nitrogen and oxygen atoms in total. The lowest BCUT2D eigenvalue weighted by Gasteiger charge is -2.21. The maximum atomic E-state index is 11.7. The lowest BCUT2D eigenvalue weighted by Crippen LogP contribution is -2.22. The Hall–Kier alpha value is -0.370. The Labute approximate surface area is 93.4 Å². The number of Topliss-reactive ketones (excluding diaryl/α,β-unsaturated/α-hetero) is 1. The first-order valence-corrected chi connectivity index (χ1v) is 6.16. The van der Waals surface area contributed by atoms with Crippen molar-refractivity contribution >= 4 is 5.78 Å². The molecule has 1 fully saturated rings. The van der Waals surface area contributed by atoms with E-state index in [1.54, 1.807) is 0 Å². The van der Waals surface area contributed by atoms with Crippen LogP contribution in [0.2, 0.25) is 0 Å². The highest BCUT2D eigenvalue weighted by Crippen LogP contribution is 2.23. The van der Waals surface area contributed by atoms with Gasteiger partial charge < -0.3 is 4.74 Å². The molecule has 2 heteroatoms. The smallest absolute Gasteiger partial charge is 0.136 e. The fourth-order valence-corrected chi connectivity index (χ4v) is 2.04. The largest absolute Gasteiger partial charge is 0.376 e. The summed E-state index contributed by atoms with van der Waals surface area (Å²) < 4.78 is 5.67. The van der Waals surface area contributed by atoms with E-state index >= 15 is 0 Å². The minimum absolute atomic E-state index is 0.0756. The van der Waals surface area contributed by atoms with E-state index in [1.807, 2.05) is 0 Å². The fourth-order valence-electron chi connectivity index (χ4n) is 2.04. The third-order valence-corrected chi connectivity index (χ3v) is 2.93. The van der Waals surface area contributed by atoms with Crippen molar-refractivity contribution in [3.63, 3.8) is 0 Å². The third-order valence-electron chi connectivity index (χ3n) is 2.93. The van der Waals surface area contributed by atoms with Gasteiger partial charge in [0.1, 0.15) is 5.78 Å². The van der Waals surface area contributed by atoms with Gasteiger partial charge in [0.2, 0.25) is 0 Å². The van der Waals surface area contributed by atoms with Crippen LogP contribution < -0.4 is 0 Å². The predicted octanol–water partition coefficient (Wildman–Crippen LogP) is 3.34. The lowest BCUT2D eigenvalue weighted by atomic mass is 9.96. The standard InChI is InChI=1S/C13H24O2/c1-13(2,3)15-10-9-11-7-5-4-6-8-12(11)14/h11H,4-10H2,1-3H3. The molecule has 1 atom stereocenters.